The lowest BCUT2D eigenvalue weighted by Gasteiger charge is -2.14. The van der Waals surface area contributed by atoms with Crippen LogP contribution in [0.15, 0.2) is 47.1 Å². The first-order chi connectivity index (χ1) is 11.5. The number of rotatable bonds is 7. The highest BCUT2D eigenvalue weighted by Gasteiger charge is 2.23. The van der Waals surface area contributed by atoms with E-state index in [-0.39, 0.29) is 18.9 Å². The van der Waals surface area contributed by atoms with E-state index in [2.05, 4.69) is 21.1 Å². The largest absolute Gasteiger partial charge is 0.610 e. The summed E-state index contributed by atoms with van der Waals surface area (Å²) >= 11 is 3.38. The summed E-state index contributed by atoms with van der Waals surface area (Å²) in [5.41, 5.74) is 0.760. The Balaban J connectivity index is 2.25. The normalized spacial score (nSPS) is 11.8. The summed E-state index contributed by atoms with van der Waals surface area (Å²) < 4.78 is 13.6. The zero-order valence-corrected chi connectivity index (χ0v) is 15.0. The molecule has 0 aliphatic heterocycles. The maximum atomic E-state index is 12.0. The fraction of sp³-hybridized carbons (Fsp3) is 0.312. The summed E-state index contributed by atoms with van der Waals surface area (Å²) in [6.07, 6.45) is 3.18. The highest BCUT2D eigenvalue weighted by Crippen LogP contribution is 2.11. The molecule has 0 unspecified atom stereocenters. The Morgan fingerprint density at radius 1 is 1.25 bits per heavy atom. The van der Waals surface area contributed by atoms with Crippen molar-refractivity contribution in [3.05, 3.63) is 52.6 Å². The van der Waals surface area contributed by atoms with Gasteiger partial charge in [0.1, 0.15) is 12.5 Å². The predicted molar refractivity (Wildman–Crippen MR) is 87.1 cm³/mol. The van der Waals surface area contributed by atoms with E-state index >= 15 is 0 Å². The van der Waals surface area contributed by atoms with Gasteiger partial charge in [0.05, 0.1) is 11.8 Å². The Labute approximate surface area is 148 Å². The number of carbonyl (C=O) groups is 1. The van der Waals surface area contributed by atoms with E-state index in [4.69, 9.17) is 9.47 Å². The second-order valence-electron chi connectivity index (χ2n) is 4.75. The molecule has 0 atom stereocenters. The highest BCUT2D eigenvalue weighted by molar-refractivity contribution is 9.10. The molecule has 0 spiro atoms. The molecule has 1 aromatic heterocycles. The zero-order valence-electron chi connectivity index (χ0n) is 13.4. The molecule has 128 valence electrons. The molecule has 0 radical (unpaired) electrons. The fourth-order valence-corrected chi connectivity index (χ4v) is 2.24. The van der Waals surface area contributed by atoms with Gasteiger partial charge in [-0.15, -0.1) is 4.68 Å². The third kappa shape index (κ3) is 4.58. The molecule has 0 N–H and O–H groups in total. The number of halogens is 1. The summed E-state index contributed by atoms with van der Waals surface area (Å²) in [5, 5.41) is 16.2. The van der Waals surface area contributed by atoms with Gasteiger partial charge in [-0.1, -0.05) is 39.7 Å². The van der Waals surface area contributed by atoms with Crippen LogP contribution in [0, 0.1) is 0 Å². The standard InChI is InChI=1S/C16H18BrN3O4/c1-3-23-15(21)14(16(22)24-4-2)20-10-9-19(18-20)11-12-5-7-13(17)8-6-12/h5-10H,3-4,11H2,1-2H3. The summed E-state index contributed by atoms with van der Waals surface area (Å²) in [5.74, 6) is -1.54. The van der Waals surface area contributed by atoms with Gasteiger partial charge in [0.15, 0.2) is 12.4 Å². The van der Waals surface area contributed by atoms with Crippen LogP contribution < -0.4 is 9.79 Å². The molecule has 0 bridgehead atoms. The Bertz CT molecular complexity index is 725. The van der Waals surface area contributed by atoms with Gasteiger partial charge < -0.3 is 14.6 Å². The van der Waals surface area contributed by atoms with Gasteiger partial charge in [0, 0.05) is 4.47 Å². The predicted octanol–water partition coefficient (Wildman–Crippen LogP) is 1.07. The van der Waals surface area contributed by atoms with E-state index < -0.39 is 11.9 Å². The summed E-state index contributed by atoms with van der Waals surface area (Å²) in [6, 6.07) is 7.78. The van der Waals surface area contributed by atoms with Crippen molar-refractivity contribution in [2.45, 2.75) is 20.4 Å². The third-order valence-corrected chi connectivity index (χ3v) is 3.54. The minimum Gasteiger partial charge on any atom is -0.610 e. The lowest BCUT2D eigenvalue weighted by Crippen LogP contribution is -2.37. The SMILES string of the molecule is CCOC(=O)/C(=C(\[O-])OCC)n1cc[n+](Cc2ccc(Br)cc2)n1. The van der Waals surface area contributed by atoms with Gasteiger partial charge in [0.25, 0.3) is 5.70 Å². The van der Waals surface area contributed by atoms with Gasteiger partial charge in [-0.2, -0.15) is 0 Å². The van der Waals surface area contributed by atoms with Crippen molar-refractivity contribution in [2.75, 3.05) is 13.2 Å². The van der Waals surface area contributed by atoms with Crippen molar-refractivity contribution in [3.63, 3.8) is 0 Å². The lowest BCUT2D eigenvalue weighted by molar-refractivity contribution is -0.746. The summed E-state index contributed by atoms with van der Waals surface area (Å²) in [4.78, 5) is 12.0. The van der Waals surface area contributed by atoms with Crippen molar-refractivity contribution in [3.8, 4) is 0 Å². The molecular weight excluding hydrogens is 378 g/mol. The number of ether oxygens (including phenoxy) is 2. The zero-order chi connectivity index (χ0) is 17.5. The third-order valence-electron chi connectivity index (χ3n) is 3.02. The molecule has 0 saturated carbocycles. The smallest absolute Gasteiger partial charge is 0.382 e. The maximum Gasteiger partial charge on any atom is 0.382 e. The first-order valence-corrected chi connectivity index (χ1v) is 8.25. The van der Waals surface area contributed by atoms with Crippen LogP contribution in [0.4, 0.5) is 0 Å². The second-order valence-corrected chi connectivity index (χ2v) is 5.66. The Morgan fingerprint density at radius 3 is 2.54 bits per heavy atom. The number of aromatic nitrogens is 3. The molecule has 2 aromatic rings. The van der Waals surface area contributed by atoms with E-state index in [9.17, 15) is 9.90 Å². The number of carbonyl (C=O) groups excluding carboxylic acids is 1. The molecule has 0 amide bonds. The highest BCUT2D eigenvalue weighted by atomic mass is 79.9. The van der Waals surface area contributed by atoms with E-state index in [0.717, 1.165) is 10.0 Å². The van der Waals surface area contributed by atoms with Crippen LogP contribution in [0.3, 0.4) is 0 Å². The van der Waals surface area contributed by atoms with Crippen LogP contribution in [0.1, 0.15) is 19.4 Å². The lowest BCUT2D eigenvalue weighted by atomic mass is 10.2. The number of hydrogen-bond donors (Lipinski definition) is 0. The topological polar surface area (TPSA) is 80.3 Å². The molecule has 0 fully saturated rings. The Kier molecular flexibility index (Phi) is 6.36. The molecule has 1 heterocycles. The Morgan fingerprint density at radius 2 is 1.92 bits per heavy atom. The fourth-order valence-electron chi connectivity index (χ4n) is 1.97. The van der Waals surface area contributed by atoms with E-state index in [1.807, 2.05) is 24.3 Å². The van der Waals surface area contributed by atoms with Crippen molar-refractivity contribution < 1.29 is 24.1 Å². The van der Waals surface area contributed by atoms with Gasteiger partial charge in [-0.05, 0) is 31.2 Å². The second kappa shape index (κ2) is 8.49. The van der Waals surface area contributed by atoms with Crippen LogP contribution in [0.25, 0.3) is 5.70 Å². The maximum absolute atomic E-state index is 12.0. The molecule has 8 heteroatoms. The van der Waals surface area contributed by atoms with E-state index in [1.165, 1.54) is 10.9 Å². The van der Waals surface area contributed by atoms with Gasteiger partial charge >= 0.3 is 5.97 Å². The molecular formula is C16H18BrN3O4. The van der Waals surface area contributed by atoms with Crippen LogP contribution in [-0.2, 0) is 20.8 Å². The van der Waals surface area contributed by atoms with E-state index in [0.29, 0.717) is 6.54 Å². The van der Waals surface area contributed by atoms with Gasteiger partial charge in [0.2, 0.25) is 0 Å². The molecule has 0 saturated heterocycles. The van der Waals surface area contributed by atoms with Crippen molar-refractivity contribution >= 4 is 27.6 Å². The summed E-state index contributed by atoms with van der Waals surface area (Å²) in [6.45, 7) is 4.14. The number of nitrogens with zero attached hydrogens (tertiary/aromatic N) is 3. The van der Waals surface area contributed by atoms with Crippen LogP contribution in [-0.4, -0.2) is 29.1 Å². The number of esters is 1. The summed E-state index contributed by atoms with van der Waals surface area (Å²) in [7, 11) is 0. The van der Waals surface area contributed by atoms with Gasteiger partial charge in [-0.25, -0.2) is 4.79 Å². The number of benzene rings is 1. The van der Waals surface area contributed by atoms with E-state index in [1.54, 1.807) is 24.7 Å². The molecule has 0 aliphatic rings. The van der Waals surface area contributed by atoms with Crippen LogP contribution in [0.5, 0.6) is 0 Å². The molecule has 2 rings (SSSR count). The van der Waals surface area contributed by atoms with Crippen molar-refractivity contribution in [1.82, 2.24) is 9.90 Å². The van der Waals surface area contributed by atoms with Crippen molar-refractivity contribution in [1.29, 1.82) is 0 Å². The average Bonchev–Trinajstić information content (AvgIpc) is 2.98. The molecule has 7 nitrogen and oxygen atoms in total. The van der Waals surface area contributed by atoms with Gasteiger partial charge in [-0.3, -0.25) is 0 Å². The molecule has 1 aromatic carbocycles. The monoisotopic (exact) mass is 395 g/mol. The quantitative estimate of drug-likeness (QED) is 0.303. The Hall–Kier alpha value is -2.35. The van der Waals surface area contributed by atoms with Crippen LogP contribution >= 0.6 is 15.9 Å². The molecule has 0 aliphatic carbocycles. The van der Waals surface area contributed by atoms with Crippen molar-refractivity contribution in [2.24, 2.45) is 0 Å². The minimum absolute atomic E-state index is 0.155. The molecule has 24 heavy (non-hydrogen) atoms. The first-order valence-electron chi connectivity index (χ1n) is 7.46. The minimum atomic E-state index is -0.769. The number of hydrogen-bond acceptors (Lipinski definition) is 5. The average molecular weight is 396 g/mol. The first kappa shape index (κ1) is 18.0. The van der Waals surface area contributed by atoms with Crippen LogP contribution in [0.2, 0.25) is 0 Å².